The molecule has 1 aromatic heterocycles. The molecule has 0 amide bonds. The van der Waals surface area contributed by atoms with Crippen molar-refractivity contribution in [2.45, 2.75) is 34.2 Å². The lowest BCUT2D eigenvalue weighted by atomic mass is 10.1. The Bertz CT molecular complexity index is 677. The van der Waals surface area contributed by atoms with Crippen LogP contribution in [-0.2, 0) is 6.54 Å². The standard InChI is InChI=1S/C19H28ClN5/c1-13(2)10-25(11-14(3)4)19-17(21)18(23-12-24-19)22-9-15-7-5-6-8-16(15)20/h5-8,12-14H,9-11,21H2,1-4H3,(H,22,23,24). The van der Waals surface area contributed by atoms with Gasteiger partial charge in [-0.1, -0.05) is 57.5 Å². The second-order valence-corrected chi connectivity index (χ2v) is 7.50. The predicted molar refractivity (Wildman–Crippen MR) is 107 cm³/mol. The van der Waals surface area contributed by atoms with Gasteiger partial charge in [0.05, 0.1) is 0 Å². The van der Waals surface area contributed by atoms with Crippen molar-refractivity contribution in [3.8, 4) is 0 Å². The second kappa shape index (κ2) is 8.90. The number of anilines is 3. The molecule has 0 fully saturated rings. The summed E-state index contributed by atoms with van der Waals surface area (Å²) in [5.74, 6) is 2.47. The summed E-state index contributed by atoms with van der Waals surface area (Å²) in [7, 11) is 0. The van der Waals surface area contributed by atoms with Crippen molar-refractivity contribution in [3.05, 3.63) is 41.2 Å². The molecule has 0 spiro atoms. The molecule has 136 valence electrons. The van der Waals surface area contributed by atoms with Crippen LogP contribution in [0.5, 0.6) is 0 Å². The van der Waals surface area contributed by atoms with Crippen LogP contribution < -0.4 is 16.0 Å². The fraction of sp³-hybridized carbons (Fsp3) is 0.474. The average Bonchev–Trinajstić information content (AvgIpc) is 2.54. The Kier molecular flexibility index (Phi) is 6.88. The van der Waals surface area contributed by atoms with Gasteiger partial charge in [0, 0.05) is 24.7 Å². The molecule has 0 saturated heterocycles. The molecule has 0 aliphatic carbocycles. The zero-order valence-electron chi connectivity index (χ0n) is 15.5. The second-order valence-electron chi connectivity index (χ2n) is 7.10. The van der Waals surface area contributed by atoms with E-state index >= 15 is 0 Å². The first-order chi connectivity index (χ1) is 11.9. The third-order valence-electron chi connectivity index (χ3n) is 3.74. The molecule has 0 bridgehead atoms. The van der Waals surface area contributed by atoms with Crippen LogP contribution in [0.1, 0.15) is 33.3 Å². The number of nitrogen functional groups attached to an aromatic ring is 1. The largest absolute Gasteiger partial charge is 0.393 e. The molecule has 5 nitrogen and oxygen atoms in total. The zero-order valence-corrected chi connectivity index (χ0v) is 16.2. The highest BCUT2D eigenvalue weighted by molar-refractivity contribution is 6.31. The summed E-state index contributed by atoms with van der Waals surface area (Å²) in [6.45, 7) is 11.2. The van der Waals surface area contributed by atoms with E-state index in [1.807, 2.05) is 24.3 Å². The normalized spacial score (nSPS) is 11.2. The van der Waals surface area contributed by atoms with Crippen molar-refractivity contribution in [3.63, 3.8) is 0 Å². The molecular weight excluding hydrogens is 334 g/mol. The zero-order chi connectivity index (χ0) is 18.4. The lowest BCUT2D eigenvalue weighted by Crippen LogP contribution is -2.33. The molecule has 0 saturated carbocycles. The van der Waals surface area contributed by atoms with Gasteiger partial charge in [0.25, 0.3) is 0 Å². The smallest absolute Gasteiger partial charge is 0.157 e. The predicted octanol–water partition coefficient (Wildman–Crippen LogP) is 4.44. The highest BCUT2D eigenvalue weighted by Gasteiger charge is 2.17. The van der Waals surface area contributed by atoms with Gasteiger partial charge in [0.2, 0.25) is 0 Å². The number of nitrogens with zero attached hydrogens (tertiary/aromatic N) is 3. The summed E-state index contributed by atoms with van der Waals surface area (Å²) in [5.41, 5.74) is 7.96. The molecule has 2 aromatic rings. The molecule has 0 aliphatic heterocycles. The molecule has 25 heavy (non-hydrogen) atoms. The maximum Gasteiger partial charge on any atom is 0.157 e. The molecule has 3 N–H and O–H groups in total. The molecule has 1 aromatic carbocycles. The van der Waals surface area contributed by atoms with E-state index in [0.29, 0.717) is 29.9 Å². The van der Waals surface area contributed by atoms with E-state index < -0.39 is 0 Å². The van der Waals surface area contributed by atoms with Crippen LogP contribution in [0.2, 0.25) is 5.02 Å². The quantitative estimate of drug-likeness (QED) is 0.727. The number of halogens is 1. The van der Waals surface area contributed by atoms with Crippen LogP contribution >= 0.6 is 11.6 Å². The van der Waals surface area contributed by atoms with E-state index in [0.717, 1.165) is 29.5 Å². The minimum Gasteiger partial charge on any atom is -0.393 e. The fourth-order valence-corrected chi connectivity index (χ4v) is 2.93. The number of nitrogens with two attached hydrogens (primary N) is 1. The first kappa shape index (κ1) is 19.3. The molecular formula is C19H28ClN5. The molecule has 6 heteroatoms. The molecule has 0 aliphatic rings. The van der Waals surface area contributed by atoms with E-state index in [1.54, 1.807) is 6.33 Å². The molecule has 0 unspecified atom stereocenters. The lowest BCUT2D eigenvalue weighted by Gasteiger charge is -2.28. The van der Waals surface area contributed by atoms with Crippen LogP contribution in [0.25, 0.3) is 0 Å². The Balaban J connectivity index is 2.21. The summed E-state index contributed by atoms with van der Waals surface area (Å²) in [4.78, 5) is 11.0. The minimum absolute atomic E-state index is 0.521. The first-order valence-electron chi connectivity index (χ1n) is 8.71. The van der Waals surface area contributed by atoms with E-state index in [9.17, 15) is 0 Å². The van der Waals surface area contributed by atoms with Gasteiger partial charge in [-0.25, -0.2) is 9.97 Å². The third-order valence-corrected chi connectivity index (χ3v) is 4.11. The summed E-state index contributed by atoms with van der Waals surface area (Å²) in [6, 6.07) is 7.74. The highest BCUT2D eigenvalue weighted by Crippen LogP contribution is 2.28. The van der Waals surface area contributed by atoms with Crippen LogP contribution in [0, 0.1) is 11.8 Å². The number of benzene rings is 1. The summed E-state index contributed by atoms with van der Waals surface area (Å²) >= 11 is 6.21. The van der Waals surface area contributed by atoms with Gasteiger partial charge in [-0.15, -0.1) is 0 Å². The van der Waals surface area contributed by atoms with Gasteiger partial charge in [-0.05, 0) is 23.5 Å². The van der Waals surface area contributed by atoms with Crippen molar-refractivity contribution in [2.24, 2.45) is 11.8 Å². The van der Waals surface area contributed by atoms with Crippen molar-refractivity contribution >= 4 is 28.9 Å². The van der Waals surface area contributed by atoms with Crippen LogP contribution in [-0.4, -0.2) is 23.1 Å². The Labute approximate surface area is 155 Å². The topological polar surface area (TPSA) is 67.1 Å². The minimum atomic E-state index is 0.521. The van der Waals surface area contributed by atoms with Gasteiger partial charge in [0.1, 0.15) is 12.0 Å². The van der Waals surface area contributed by atoms with Crippen molar-refractivity contribution in [1.82, 2.24) is 9.97 Å². The van der Waals surface area contributed by atoms with Crippen LogP contribution in [0.3, 0.4) is 0 Å². The van der Waals surface area contributed by atoms with Crippen molar-refractivity contribution in [2.75, 3.05) is 29.0 Å². The van der Waals surface area contributed by atoms with Gasteiger partial charge < -0.3 is 16.0 Å². The summed E-state index contributed by atoms with van der Waals surface area (Å²) < 4.78 is 0. The van der Waals surface area contributed by atoms with Crippen LogP contribution in [0.4, 0.5) is 17.3 Å². The maximum absolute atomic E-state index is 6.38. The molecule has 0 radical (unpaired) electrons. The Morgan fingerprint density at radius 2 is 1.72 bits per heavy atom. The SMILES string of the molecule is CC(C)CN(CC(C)C)c1ncnc(NCc2ccccc2Cl)c1N. The molecule has 1 heterocycles. The van der Waals surface area contributed by atoms with Crippen molar-refractivity contribution in [1.29, 1.82) is 0 Å². The molecule has 2 rings (SSSR count). The number of aromatic nitrogens is 2. The van der Waals surface area contributed by atoms with E-state index in [4.69, 9.17) is 17.3 Å². The van der Waals surface area contributed by atoms with E-state index in [-0.39, 0.29) is 0 Å². The van der Waals surface area contributed by atoms with Gasteiger partial charge in [-0.2, -0.15) is 0 Å². The fourth-order valence-electron chi connectivity index (χ4n) is 2.73. The first-order valence-corrected chi connectivity index (χ1v) is 9.09. The van der Waals surface area contributed by atoms with Crippen molar-refractivity contribution < 1.29 is 0 Å². The van der Waals surface area contributed by atoms with Gasteiger partial charge in [0.15, 0.2) is 11.6 Å². The number of rotatable bonds is 8. The molecule has 0 atom stereocenters. The lowest BCUT2D eigenvalue weighted by molar-refractivity contribution is 0.549. The van der Waals surface area contributed by atoms with Gasteiger partial charge >= 0.3 is 0 Å². The van der Waals surface area contributed by atoms with Gasteiger partial charge in [-0.3, -0.25) is 0 Å². The van der Waals surface area contributed by atoms with E-state index in [2.05, 4.69) is 47.9 Å². The summed E-state index contributed by atoms with van der Waals surface area (Å²) in [5, 5.41) is 4.01. The van der Waals surface area contributed by atoms with Crippen LogP contribution in [0.15, 0.2) is 30.6 Å². The average molecular weight is 362 g/mol. The highest BCUT2D eigenvalue weighted by atomic mass is 35.5. The Hall–Kier alpha value is -2.01. The monoisotopic (exact) mass is 361 g/mol. The summed E-state index contributed by atoms with van der Waals surface area (Å²) in [6.07, 6.45) is 1.56. The number of nitrogens with one attached hydrogen (secondary N) is 1. The van der Waals surface area contributed by atoms with E-state index in [1.165, 1.54) is 0 Å². The third kappa shape index (κ3) is 5.49. The Morgan fingerprint density at radius 3 is 2.32 bits per heavy atom. The number of hydrogen-bond donors (Lipinski definition) is 2. The maximum atomic E-state index is 6.38. The number of hydrogen-bond acceptors (Lipinski definition) is 5. The Morgan fingerprint density at radius 1 is 1.08 bits per heavy atom.